The summed E-state index contributed by atoms with van der Waals surface area (Å²) in [5.74, 6) is 1.30. The van der Waals surface area contributed by atoms with Crippen LogP contribution in [0.15, 0.2) is 48.5 Å². The Hall–Kier alpha value is -2.82. The van der Waals surface area contributed by atoms with Crippen molar-refractivity contribution in [3.8, 4) is 11.5 Å². The highest BCUT2D eigenvalue weighted by Crippen LogP contribution is 2.13. The van der Waals surface area contributed by atoms with Crippen LogP contribution in [0.25, 0.3) is 0 Å². The molecular formula is C21H25NO4. The number of carbonyl (C=O) groups is 2. The molecule has 0 aliphatic heterocycles. The van der Waals surface area contributed by atoms with Gasteiger partial charge in [0, 0.05) is 18.5 Å². The van der Waals surface area contributed by atoms with E-state index in [0.717, 1.165) is 11.3 Å². The molecule has 5 nitrogen and oxygen atoms in total. The molecule has 1 amide bonds. The summed E-state index contributed by atoms with van der Waals surface area (Å²) in [7, 11) is 0. The first-order valence-corrected chi connectivity index (χ1v) is 8.80. The molecule has 1 N–H and O–H groups in total. The maximum absolute atomic E-state index is 11.8. The fourth-order valence-corrected chi connectivity index (χ4v) is 2.34. The lowest BCUT2D eigenvalue weighted by molar-refractivity contribution is -0.123. The molecule has 0 unspecified atom stereocenters. The zero-order chi connectivity index (χ0) is 18.8. The number of Topliss-reactive ketones (excluding diaryl/α,β-unsaturated/α-hetero) is 1. The van der Waals surface area contributed by atoms with E-state index in [2.05, 4.69) is 5.32 Å². The summed E-state index contributed by atoms with van der Waals surface area (Å²) >= 11 is 0. The molecule has 2 aromatic rings. The molecule has 0 aliphatic carbocycles. The molecular weight excluding hydrogens is 330 g/mol. The molecule has 0 aliphatic rings. The van der Waals surface area contributed by atoms with Crippen molar-refractivity contribution in [3.63, 3.8) is 0 Å². The first kappa shape index (κ1) is 19.5. The van der Waals surface area contributed by atoms with E-state index in [1.165, 1.54) is 0 Å². The van der Waals surface area contributed by atoms with Crippen molar-refractivity contribution in [1.29, 1.82) is 0 Å². The molecule has 2 aromatic carbocycles. The van der Waals surface area contributed by atoms with Gasteiger partial charge in [-0.1, -0.05) is 19.1 Å². The summed E-state index contributed by atoms with van der Waals surface area (Å²) < 4.78 is 11.0. The summed E-state index contributed by atoms with van der Waals surface area (Å²) in [4.78, 5) is 23.3. The van der Waals surface area contributed by atoms with Crippen LogP contribution in [0.2, 0.25) is 0 Å². The number of nitrogens with one attached hydrogen (secondary N) is 1. The fraction of sp³-hybridized carbons (Fsp3) is 0.333. The summed E-state index contributed by atoms with van der Waals surface area (Å²) in [5.41, 5.74) is 1.80. The van der Waals surface area contributed by atoms with Crippen molar-refractivity contribution in [2.45, 2.75) is 26.7 Å². The Morgan fingerprint density at radius 3 is 2.46 bits per heavy atom. The molecule has 138 valence electrons. The number of amides is 1. The molecule has 0 fully saturated rings. The standard InChI is InChI=1S/C21H25NO4/c1-3-20(23)17-8-10-18(11-9-17)26-15-21(24)22-12-5-13-25-19-7-4-6-16(2)14-19/h4,6-11,14H,3,5,12-13,15H2,1-2H3,(H,22,24). The van der Waals surface area contributed by atoms with Gasteiger partial charge in [0.05, 0.1) is 6.61 Å². The van der Waals surface area contributed by atoms with Crippen LogP contribution in [0.3, 0.4) is 0 Å². The van der Waals surface area contributed by atoms with Crippen molar-refractivity contribution >= 4 is 11.7 Å². The number of hydrogen-bond donors (Lipinski definition) is 1. The molecule has 0 bridgehead atoms. The molecule has 0 heterocycles. The predicted molar refractivity (Wildman–Crippen MR) is 101 cm³/mol. The second-order valence-electron chi connectivity index (χ2n) is 5.96. The van der Waals surface area contributed by atoms with Gasteiger partial charge in [0.25, 0.3) is 5.91 Å². The third-order valence-electron chi connectivity index (χ3n) is 3.77. The molecule has 0 radical (unpaired) electrons. The lowest BCUT2D eigenvalue weighted by atomic mass is 10.1. The Labute approximate surface area is 154 Å². The zero-order valence-electron chi connectivity index (χ0n) is 15.3. The predicted octanol–water partition coefficient (Wildman–Crippen LogP) is 3.55. The molecule has 0 aromatic heterocycles. The van der Waals surface area contributed by atoms with Gasteiger partial charge < -0.3 is 14.8 Å². The van der Waals surface area contributed by atoms with Crippen molar-refractivity contribution in [2.24, 2.45) is 0 Å². The van der Waals surface area contributed by atoms with E-state index in [1.54, 1.807) is 24.3 Å². The number of ketones is 1. The molecule has 2 rings (SSSR count). The molecule has 0 saturated heterocycles. The van der Waals surface area contributed by atoms with Gasteiger partial charge in [-0.25, -0.2) is 0 Å². The highest BCUT2D eigenvalue weighted by atomic mass is 16.5. The van der Waals surface area contributed by atoms with Gasteiger partial charge in [0.1, 0.15) is 11.5 Å². The minimum Gasteiger partial charge on any atom is -0.494 e. The highest BCUT2D eigenvalue weighted by molar-refractivity contribution is 5.95. The summed E-state index contributed by atoms with van der Waals surface area (Å²) in [6.07, 6.45) is 1.18. The Morgan fingerprint density at radius 2 is 1.77 bits per heavy atom. The number of benzene rings is 2. The monoisotopic (exact) mass is 355 g/mol. The minimum atomic E-state index is -0.186. The second-order valence-corrected chi connectivity index (χ2v) is 5.96. The van der Waals surface area contributed by atoms with Crippen molar-refractivity contribution < 1.29 is 19.1 Å². The smallest absolute Gasteiger partial charge is 0.257 e. The Kier molecular flexibility index (Phi) is 7.68. The molecule has 0 spiro atoms. The maximum Gasteiger partial charge on any atom is 0.257 e. The summed E-state index contributed by atoms with van der Waals surface area (Å²) in [6.45, 7) is 4.85. The van der Waals surface area contributed by atoms with E-state index in [-0.39, 0.29) is 18.3 Å². The molecule has 5 heteroatoms. The van der Waals surface area contributed by atoms with Crippen LogP contribution < -0.4 is 14.8 Å². The first-order chi connectivity index (χ1) is 12.6. The van der Waals surface area contributed by atoms with E-state index in [4.69, 9.17) is 9.47 Å². The third kappa shape index (κ3) is 6.59. The Morgan fingerprint density at radius 1 is 1.00 bits per heavy atom. The maximum atomic E-state index is 11.8. The van der Waals surface area contributed by atoms with Crippen LogP contribution in [0, 0.1) is 6.92 Å². The van der Waals surface area contributed by atoms with Gasteiger partial charge in [0.15, 0.2) is 12.4 Å². The third-order valence-corrected chi connectivity index (χ3v) is 3.77. The zero-order valence-corrected chi connectivity index (χ0v) is 15.3. The second kappa shape index (κ2) is 10.2. The molecule has 0 saturated carbocycles. The van der Waals surface area contributed by atoms with E-state index in [0.29, 0.717) is 37.3 Å². The Bertz CT molecular complexity index is 725. The summed E-state index contributed by atoms with van der Waals surface area (Å²) in [5, 5.41) is 2.79. The van der Waals surface area contributed by atoms with Crippen molar-refractivity contribution in [3.05, 3.63) is 59.7 Å². The van der Waals surface area contributed by atoms with Gasteiger partial charge in [0.2, 0.25) is 0 Å². The average Bonchev–Trinajstić information content (AvgIpc) is 2.66. The van der Waals surface area contributed by atoms with Gasteiger partial charge >= 0.3 is 0 Å². The van der Waals surface area contributed by atoms with E-state index < -0.39 is 0 Å². The van der Waals surface area contributed by atoms with E-state index in [1.807, 2.05) is 38.1 Å². The van der Waals surface area contributed by atoms with Crippen LogP contribution in [-0.2, 0) is 4.79 Å². The number of carbonyl (C=O) groups excluding carboxylic acids is 2. The van der Waals surface area contributed by atoms with Crippen LogP contribution >= 0.6 is 0 Å². The van der Waals surface area contributed by atoms with E-state index >= 15 is 0 Å². The SMILES string of the molecule is CCC(=O)c1ccc(OCC(=O)NCCCOc2cccc(C)c2)cc1. The van der Waals surface area contributed by atoms with Gasteiger partial charge in [-0.15, -0.1) is 0 Å². The van der Waals surface area contributed by atoms with Crippen LogP contribution in [-0.4, -0.2) is 31.4 Å². The Balaban J connectivity index is 1.61. The first-order valence-electron chi connectivity index (χ1n) is 8.80. The average molecular weight is 355 g/mol. The van der Waals surface area contributed by atoms with Crippen molar-refractivity contribution in [1.82, 2.24) is 5.32 Å². The number of aryl methyl sites for hydroxylation is 1. The van der Waals surface area contributed by atoms with Crippen LogP contribution in [0.1, 0.15) is 35.7 Å². The quantitative estimate of drug-likeness (QED) is 0.523. The number of rotatable bonds is 10. The fourth-order valence-electron chi connectivity index (χ4n) is 2.34. The summed E-state index contributed by atoms with van der Waals surface area (Å²) in [6, 6.07) is 14.7. The largest absolute Gasteiger partial charge is 0.494 e. The normalized spacial score (nSPS) is 10.2. The highest BCUT2D eigenvalue weighted by Gasteiger charge is 2.05. The van der Waals surface area contributed by atoms with Crippen LogP contribution in [0.5, 0.6) is 11.5 Å². The van der Waals surface area contributed by atoms with E-state index in [9.17, 15) is 9.59 Å². The lowest BCUT2D eigenvalue weighted by Gasteiger charge is -2.09. The van der Waals surface area contributed by atoms with Gasteiger partial charge in [-0.05, 0) is 55.3 Å². The lowest BCUT2D eigenvalue weighted by Crippen LogP contribution is -2.30. The van der Waals surface area contributed by atoms with Gasteiger partial charge in [-0.2, -0.15) is 0 Å². The number of ether oxygens (including phenoxy) is 2. The van der Waals surface area contributed by atoms with Crippen LogP contribution in [0.4, 0.5) is 0 Å². The topological polar surface area (TPSA) is 64.6 Å². The van der Waals surface area contributed by atoms with Crippen molar-refractivity contribution in [2.75, 3.05) is 19.8 Å². The number of hydrogen-bond acceptors (Lipinski definition) is 4. The molecule has 0 atom stereocenters. The molecule has 26 heavy (non-hydrogen) atoms. The van der Waals surface area contributed by atoms with Gasteiger partial charge in [-0.3, -0.25) is 9.59 Å². The minimum absolute atomic E-state index is 0.0557.